The van der Waals surface area contributed by atoms with E-state index in [-0.39, 0.29) is 5.91 Å². The predicted molar refractivity (Wildman–Crippen MR) is 78.3 cm³/mol. The number of amides is 1. The third-order valence-corrected chi connectivity index (χ3v) is 3.81. The van der Waals surface area contributed by atoms with Crippen molar-refractivity contribution in [3.05, 3.63) is 35.4 Å². The summed E-state index contributed by atoms with van der Waals surface area (Å²) >= 11 is 0. The van der Waals surface area contributed by atoms with E-state index < -0.39 is 0 Å². The molecule has 0 aromatic heterocycles. The second-order valence-electron chi connectivity index (χ2n) is 5.48. The van der Waals surface area contributed by atoms with E-state index in [9.17, 15) is 4.79 Å². The lowest BCUT2D eigenvalue weighted by Crippen LogP contribution is -2.33. The van der Waals surface area contributed by atoms with Crippen LogP contribution in [0, 0.1) is 12.8 Å². The molecule has 0 radical (unpaired) electrons. The molecule has 0 atom stereocenters. The second kappa shape index (κ2) is 7.29. The van der Waals surface area contributed by atoms with Crippen molar-refractivity contribution in [2.45, 2.75) is 32.6 Å². The molecule has 3 heteroatoms. The lowest BCUT2D eigenvalue weighted by Gasteiger charge is -2.11. The minimum Gasteiger partial charge on any atom is -0.351 e. The van der Waals surface area contributed by atoms with E-state index in [2.05, 4.69) is 10.6 Å². The van der Waals surface area contributed by atoms with E-state index in [4.69, 9.17) is 0 Å². The first-order valence-corrected chi connectivity index (χ1v) is 7.31. The molecule has 0 heterocycles. The fourth-order valence-electron chi connectivity index (χ4n) is 2.59. The third-order valence-electron chi connectivity index (χ3n) is 3.81. The second-order valence-corrected chi connectivity index (χ2v) is 5.48. The molecule has 0 saturated heterocycles. The van der Waals surface area contributed by atoms with Crippen molar-refractivity contribution in [2.24, 2.45) is 5.92 Å². The monoisotopic (exact) mass is 260 g/mol. The van der Waals surface area contributed by atoms with E-state index in [1.54, 1.807) is 0 Å². The van der Waals surface area contributed by atoms with E-state index in [0.717, 1.165) is 24.6 Å². The summed E-state index contributed by atoms with van der Waals surface area (Å²) in [5, 5.41) is 6.37. The van der Waals surface area contributed by atoms with Gasteiger partial charge in [-0.2, -0.15) is 0 Å². The van der Waals surface area contributed by atoms with E-state index in [1.807, 2.05) is 31.2 Å². The highest BCUT2D eigenvalue weighted by atomic mass is 16.1. The van der Waals surface area contributed by atoms with Crippen molar-refractivity contribution >= 4 is 5.91 Å². The molecule has 1 aromatic carbocycles. The molecule has 1 aliphatic carbocycles. The summed E-state index contributed by atoms with van der Waals surface area (Å²) in [6, 6.07) is 7.67. The number of carbonyl (C=O) groups excluding carboxylic acids is 1. The number of rotatable bonds is 6. The van der Waals surface area contributed by atoms with Crippen LogP contribution in [0.15, 0.2) is 24.3 Å². The van der Waals surface area contributed by atoms with Gasteiger partial charge in [0.15, 0.2) is 0 Å². The van der Waals surface area contributed by atoms with Crippen LogP contribution in [0.3, 0.4) is 0 Å². The Bertz CT molecular complexity index is 394. The van der Waals surface area contributed by atoms with Crippen molar-refractivity contribution < 1.29 is 4.79 Å². The molecule has 2 N–H and O–H groups in total. The molecule has 1 aliphatic rings. The summed E-state index contributed by atoms with van der Waals surface area (Å²) in [5.41, 5.74) is 1.91. The fourth-order valence-corrected chi connectivity index (χ4v) is 2.59. The van der Waals surface area contributed by atoms with Gasteiger partial charge in [-0.15, -0.1) is 0 Å². The minimum absolute atomic E-state index is 0.0164. The Labute approximate surface area is 115 Å². The van der Waals surface area contributed by atoms with Crippen LogP contribution in [0.1, 0.15) is 41.6 Å². The van der Waals surface area contributed by atoms with Crippen LogP contribution in [0.25, 0.3) is 0 Å². The van der Waals surface area contributed by atoms with E-state index in [0.29, 0.717) is 6.54 Å². The van der Waals surface area contributed by atoms with Gasteiger partial charge in [0.2, 0.25) is 0 Å². The molecule has 0 unspecified atom stereocenters. The first-order chi connectivity index (χ1) is 9.25. The van der Waals surface area contributed by atoms with Crippen LogP contribution in [-0.4, -0.2) is 25.5 Å². The Kier molecular flexibility index (Phi) is 5.40. The topological polar surface area (TPSA) is 41.1 Å². The molecule has 2 rings (SSSR count). The summed E-state index contributed by atoms with van der Waals surface area (Å²) in [7, 11) is 0. The number of hydrogen-bond donors (Lipinski definition) is 2. The van der Waals surface area contributed by atoms with Crippen molar-refractivity contribution in [3.63, 3.8) is 0 Å². The highest BCUT2D eigenvalue weighted by molar-refractivity contribution is 5.94. The highest BCUT2D eigenvalue weighted by Crippen LogP contribution is 2.23. The zero-order valence-electron chi connectivity index (χ0n) is 11.7. The van der Waals surface area contributed by atoms with Crippen molar-refractivity contribution in [3.8, 4) is 0 Å². The maximum absolute atomic E-state index is 11.8. The van der Waals surface area contributed by atoms with Crippen LogP contribution in [0.5, 0.6) is 0 Å². The Morgan fingerprint density at radius 3 is 2.53 bits per heavy atom. The van der Waals surface area contributed by atoms with Gasteiger partial charge in [-0.1, -0.05) is 30.5 Å². The number of carbonyl (C=O) groups is 1. The van der Waals surface area contributed by atoms with Crippen LogP contribution in [-0.2, 0) is 0 Å². The lowest BCUT2D eigenvalue weighted by molar-refractivity contribution is 0.0954. The summed E-state index contributed by atoms with van der Waals surface area (Å²) in [6.07, 6.45) is 5.50. The first kappa shape index (κ1) is 14.1. The summed E-state index contributed by atoms with van der Waals surface area (Å²) in [4.78, 5) is 11.8. The normalized spacial score (nSPS) is 15.6. The van der Waals surface area contributed by atoms with Gasteiger partial charge in [-0.3, -0.25) is 4.79 Å². The average Bonchev–Trinajstić information content (AvgIpc) is 2.92. The fraction of sp³-hybridized carbons (Fsp3) is 0.562. The van der Waals surface area contributed by atoms with Gasteiger partial charge >= 0.3 is 0 Å². The van der Waals surface area contributed by atoms with Gasteiger partial charge in [-0.25, -0.2) is 0 Å². The minimum atomic E-state index is 0.0164. The number of nitrogens with one attached hydrogen (secondary N) is 2. The van der Waals surface area contributed by atoms with E-state index >= 15 is 0 Å². The van der Waals surface area contributed by atoms with Gasteiger partial charge in [0, 0.05) is 18.7 Å². The summed E-state index contributed by atoms with van der Waals surface area (Å²) in [5.74, 6) is 0.871. The molecule has 19 heavy (non-hydrogen) atoms. The highest BCUT2D eigenvalue weighted by Gasteiger charge is 2.13. The molecule has 1 fully saturated rings. The molecule has 1 aromatic rings. The maximum Gasteiger partial charge on any atom is 0.251 e. The zero-order valence-corrected chi connectivity index (χ0v) is 11.7. The average molecular weight is 260 g/mol. The molecule has 1 amide bonds. The third kappa shape index (κ3) is 4.67. The van der Waals surface area contributed by atoms with Crippen molar-refractivity contribution in [2.75, 3.05) is 19.6 Å². The van der Waals surface area contributed by atoms with Crippen molar-refractivity contribution in [1.29, 1.82) is 0 Å². The van der Waals surface area contributed by atoms with Gasteiger partial charge < -0.3 is 10.6 Å². The quantitative estimate of drug-likeness (QED) is 0.772. The predicted octanol–water partition coefficient (Wildman–Crippen LogP) is 2.50. The van der Waals surface area contributed by atoms with E-state index in [1.165, 1.54) is 31.2 Å². The maximum atomic E-state index is 11.8. The van der Waals surface area contributed by atoms with Crippen LogP contribution >= 0.6 is 0 Å². The smallest absolute Gasteiger partial charge is 0.251 e. The molecule has 0 aliphatic heterocycles. The van der Waals surface area contributed by atoms with Crippen molar-refractivity contribution in [1.82, 2.24) is 10.6 Å². The Balaban J connectivity index is 1.59. The lowest BCUT2D eigenvalue weighted by atomic mass is 10.1. The SMILES string of the molecule is Cc1ccc(C(=O)NCCNCC2CCCC2)cc1. The summed E-state index contributed by atoms with van der Waals surface area (Å²) in [6.45, 7) is 4.67. The Hall–Kier alpha value is -1.35. The Morgan fingerprint density at radius 2 is 1.84 bits per heavy atom. The standard InChI is InChI=1S/C16H24N2O/c1-13-6-8-15(9-7-13)16(19)18-11-10-17-12-14-4-2-3-5-14/h6-9,14,17H,2-5,10-12H2,1H3,(H,18,19). The summed E-state index contributed by atoms with van der Waals surface area (Å²) < 4.78 is 0. The molecule has 0 spiro atoms. The van der Waals surface area contributed by atoms with Gasteiger partial charge in [0.25, 0.3) is 5.91 Å². The molecular weight excluding hydrogens is 236 g/mol. The number of aryl methyl sites for hydroxylation is 1. The van der Waals surface area contributed by atoms with Gasteiger partial charge in [0.05, 0.1) is 0 Å². The molecule has 0 bridgehead atoms. The molecule has 1 saturated carbocycles. The zero-order chi connectivity index (χ0) is 13.5. The molecule has 3 nitrogen and oxygen atoms in total. The largest absolute Gasteiger partial charge is 0.351 e. The number of benzene rings is 1. The molecule has 104 valence electrons. The van der Waals surface area contributed by atoms with Crippen LogP contribution < -0.4 is 10.6 Å². The number of hydrogen-bond acceptors (Lipinski definition) is 2. The van der Waals surface area contributed by atoms with Crippen LogP contribution in [0.4, 0.5) is 0 Å². The van der Waals surface area contributed by atoms with Gasteiger partial charge in [0.1, 0.15) is 0 Å². The van der Waals surface area contributed by atoms with Gasteiger partial charge in [-0.05, 0) is 44.4 Å². The first-order valence-electron chi connectivity index (χ1n) is 7.31. The Morgan fingerprint density at radius 1 is 1.16 bits per heavy atom. The molecular formula is C16H24N2O. The van der Waals surface area contributed by atoms with Crippen LogP contribution in [0.2, 0.25) is 0 Å².